The number of morpholine rings is 1. The van der Waals surface area contributed by atoms with Gasteiger partial charge in [-0.15, -0.1) is 0 Å². The molecule has 1 atom stereocenters. The summed E-state index contributed by atoms with van der Waals surface area (Å²) in [5.74, 6) is 0.875. The Morgan fingerprint density at radius 3 is 2.53 bits per heavy atom. The van der Waals surface area contributed by atoms with E-state index in [1.807, 2.05) is 18.2 Å². The molecule has 2 aliphatic heterocycles. The van der Waals surface area contributed by atoms with Crippen LogP contribution in [-0.2, 0) is 14.3 Å². The van der Waals surface area contributed by atoms with Crippen molar-refractivity contribution in [3.05, 3.63) is 23.8 Å². The summed E-state index contributed by atoms with van der Waals surface area (Å²) < 4.78 is 16.3. The molecule has 3 aliphatic rings. The molecule has 34 heavy (non-hydrogen) atoms. The van der Waals surface area contributed by atoms with E-state index in [1.54, 1.807) is 14.2 Å². The fraction of sp³-hybridized carbons (Fsp3) is 0.625. The highest BCUT2D eigenvalue weighted by atomic mass is 16.5. The third-order valence-corrected chi connectivity index (χ3v) is 7.04. The second-order valence-electron chi connectivity index (χ2n) is 9.01. The average Bonchev–Trinajstić information content (AvgIpc) is 3.42. The van der Waals surface area contributed by atoms with Crippen LogP contribution in [0.25, 0.3) is 0 Å². The Bertz CT molecular complexity index is 911. The average molecular weight is 475 g/mol. The Kier molecular flexibility index (Phi) is 7.57. The maximum Gasteiger partial charge on any atom is 0.325 e. The van der Waals surface area contributed by atoms with Gasteiger partial charge in [0.1, 0.15) is 5.54 Å². The molecule has 186 valence electrons. The molecule has 1 aromatic carbocycles. The van der Waals surface area contributed by atoms with Crippen LogP contribution in [0.5, 0.6) is 11.5 Å². The summed E-state index contributed by atoms with van der Waals surface area (Å²) in [6.07, 6.45) is 3.27. The molecule has 10 nitrogen and oxygen atoms in total. The van der Waals surface area contributed by atoms with Crippen LogP contribution in [0.1, 0.15) is 43.7 Å². The fourth-order valence-electron chi connectivity index (χ4n) is 5.12. The van der Waals surface area contributed by atoms with Crippen LogP contribution in [0, 0.1) is 0 Å². The summed E-state index contributed by atoms with van der Waals surface area (Å²) in [5.41, 5.74) is 0.250. The number of hydrogen-bond donors (Lipinski definition) is 2. The maximum atomic E-state index is 12.8. The molecule has 0 bridgehead atoms. The van der Waals surface area contributed by atoms with Crippen LogP contribution in [0.2, 0.25) is 0 Å². The van der Waals surface area contributed by atoms with Crippen molar-refractivity contribution in [3.8, 4) is 11.5 Å². The van der Waals surface area contributed by atoms with Crippen molar-refractivity contribution in [3.63, 3.8) is 0 Å². The second-order valence-corrected chi connectivity index (χ2v) is 9.01. The van der Waals surface area contributed by atoms with E-state index < -0.39 is 11.6 Å². The number of carbonyl (C=O) groups is 3. The van der Waals surface area contributed by atoms with Gasteiger partial charge in [0, 0.05) is 32.6 Å². The molecule has 1 saturated carbocycles. The lowest BCUT2D eigenvalue weighted by molar-refractivity contribution is -0.131. The lowest BCUT2D eigenvalue weighted by Crippen LogP contribution is -2.45. The first-order valence-electron chi connectivity index (χ1n) is 11.9. The van der Waals surface area contributed by atoms with Gasteiger partial charge in [-0.1, -0.05) is 18.9 Å². The Morgan fingerprint density at radius 2 is 1.85 bits per heavy atom. The van der Waals surface area contributed by atoms with Crippen LogP contribution >= 0.6 is 0 Å². The van der Waals surface area contributed by atoms with E-state index in [-0.39, 0.29) is 30.8 Å². The number of amides is 4. The van der Waals surface area contributed by atoms with E-state index >= 15 is 0 Å². The van der Waals surface area contributed by atoms with Crippen molar-refractivity contribution in [2.75, 3.05) is 53.6 Å². The molecule has 1 spiro atoms. The molecule has 2 N–H and O–H groups in total. The quantitative estimate of drug-likeness (QED) is 0.522. The van der Waals surface area contributed by atoms with Gasteiger partial charge in [0.15, 0.2) is 11.5 Å². The van der Waals surface area contributed by atoms with Crippen LogP contribution in [0.15, 0.2) is 18.2 Å². The van der Waals surface area contributed by atoms with Gasteiger partial charge in [0.05, 0.1) is 33.5 Å². The minimum absolute atomic E-state index is 0.0665. The molecule has 1 aromatic rings. The third kappa shape index (κ3) is 4.97. The van der Waals surface area contributed by atoms with Crippen molar-refractivity contribution in [1.29, 1.82) is 0 Å². The van der Waals surface area contributed by atoms with Gasteiger partial charge in [-0.25, -0.2) is 4.79 Å². The summed E-state index contributed by atoms with van der Waals surface area (Å²) in [5, 5.41) is 5.85. The number of imide groups is 1. The maximum absolute atomic E-state index is 12.8. The number of ether oxygens (including phenoxy) is 3. The topological polar surface area (TPSA) is 109 Å². The van der Waals surface area contributed by atoms with E-state index in [9.17, 15) is 14.4 Å². The molecule has 1 aliphatic carbocycles. The molecule has 10 heteroatoms. The summed E-state index contributed by atoms with van der Waals surface area (Å²) in [7, 11) is 3.19. The Morgan fingerprint density at radius 1 is 1.15 bits per heavy atom. The number of nitrogens with one attached hydrogen (secondary N) is 2. The van der Waals surface area contributed by atoms with E-state index in [4.69, 9.17) is 14.2 Å². The number of urea groups is 1. The van der Waals surface area contributed by atoms with Gasteiger partial charge < -0.3 is 24.8 Å². The largest absolute Gasteiger partial charge is 0.493 e. The molecule has 0 aromatic heterocycles. The molecule has 4 rings (SSSR count). The summed E-state index contributed by atoms with van der Waals surface area (Å²) in [4.78, 5) is 41.3. The first kappa shape index (κ1) is 24.3. The SMILES string of the molecule is COc1ccc(C(CNC(=O)CCN2C(=O)NC3(CCCC3)C2=O)N2CCOCC2)cc1OC. The molecule has 1 unspecified atom stereocenters. The lowest BCUT2D eigenvalue weighted by atomic mass is 9.98. The minimum Gasteiger partial charge on any atom is -0.493 e. The highest BCUT2D eigenvalue weighted by molar-refractivity contribution is 6.07. The van der Waals surface area contributed by atoms with Gasteiger partial charge in [0.2, 0.25) is 5.91 Å². The van der Waals surface area contributed by atoms with E-state index in [0.717, 1.165) is 31.5 Å². The number of hydrogen-bond acceptors (Lipinski definition) is 7. The van der Waals surface area contributed by atoms with E-state index in [2.05, 4.69) is 15.5 Å². The first-order valence-corrected chi connectivity index (χ1v) is 11.9. The fourth-order valence-corrected chi connectivity index (χ4v) is 5.12. The van der Waals surface area contributed by atoms with Crippen LogP contribution < -0.4 is 20.1 Å². The number of methoxy groups -OCH3 is 2. The smallest absolute Gasteiger partial charge is 0.325 e. The van der Waals surface area contributed by atoms with Gasteiger partial charge in [-0.05, 0) is 30.5 Å². The monoisotopic (exact) mass is 474 g/mol. The standard InChI is InChI=1S/C24H34N4O6/c1-32-19-6-5-17(15-20(19)33-2)18(27-11-13-34-14-12-27)16-25-21(29)7-10-28-22(30)24(26-23(28)31)8-3-4-9-24/h5-6,15,18H,3-4,7-14,16H2,1-2H3,(H,25,29)(H,26,31). The molecule has 3 fully saturated rings. The Hall–Kier alpha value is -2.85. The number of rotatable bonds is 9. The van der Waals surface area contributed by atoms with Gasteiger partial charge >= 0.3 is 6.03 Å². The normalized spacial score (nSPS) is 20.9. The van der Waals surface area contributed by atoms with Crippen LogP contribution in [0.4, 0.5) is 4.79 Å². The van der Waals surface area contributed by atoms with Gasteiger partial charge in [-0.2, -0.15) is 0 Å². The van der Waals surface area contributed by atoms with Crippen molar-refractivity contribution in [2.45, 2.75) is 43.7 Å². The Balaban J connectivity index is 1.38. The highest BCUT2D eigenvalue weighted by Crippen LogP contribution is 2.35. The molecule has 2 heterocycles. The molecule has 4 amide bonds. The van der Waals surface area contributed by atoms with Crippen molar-refractivity contribution >= 4 is 17.8 Å². The summed E-state index contributed by atoms with van der Waals surface area (Å²) in [6, 6.07) is 5.30. The van der Waals surface area contributed by atoms with Gasteiger partial charge in [-0.3, -0.25) is 19.4 Å². The summed E-state index contributed by atoms with van der Waals surface area (Å²) >= 11 is 0. The molecular formula is C24H34N4O6. The van der Waals surface area contributed by atoms with Crippen molar-refractivity contribution < 1.29 is 28.6 Å². The first-order chi connectivity index (χ1) is 16.5. The number of carbonyl (C=O) groups excluding carboxylic acids is 3. The summed E-state index contributed by atoms with van der Waals surface area (Å²) in [6.45, 7) is 3.23. The zero-order valence-corrected chi connectivity index (χ0v) is 19.9. The van der Waals surface area contributed by atoms with Crippen molar-refractivity contribution in [2.24, 2.45) is 0 Å². The van der Waals surface area contributed by atoms with Crippen LogP contribution in [0.3, 0.4) is 0 Å². The van der Waals surface area contributed by atoms with Gasteiger partial charge in [0.25, 0.3) is 5.91 Å². The minimum atomic E-state index is -0.748. The molecular weight excluding hydrogens is 440 g/mol. The zero-order chi connectivity index (χ0) is 24.1. The number of nitrogens with zero attached hydrogens (tertiary/aromatic N) is 2. The second kappa shape index (κ2) is 10.6. The number of benzene rings is 1. The Labute approximate surface area is 199 Å². The van der Waals surface area contributed by atoms with Crippen LogP contribution in [-0.4, -0.2) is 86.8 Å². The lowest BCUT2D eigenvalue weighted by Gasteiger charge is -2.35. The predicted octanol–water partition coefficient (Wildman–Crippen LogP) is 1.45. The highest BCUT2D eigenvalue weighted by Gasteiger charge is 2.52. The third-order valence-electron chi connectivity index (χ3n) is 7.04. The predicted molar refractivity (Wildman–Crippen MR) is 124 cm³/mol. The molecule has 2 saturated heterocycles. The zero-order valence-electron chi connectivity index (χ0n) is 19.9. The van der Waals surface area contributed by atoms with E-state index in [0.29, 0.717) is 44.1 Å². The van der Waals surface area contributed by atoms with Crippen molar-refractivity contribution in [1.82, 2.24) is 20.4 Å². The van der Waals surface area contributed by atoms with E-state index in [1.165, 1.54) is 4.90 Å². The molecule has 0 radical (unpaired) electrons.